The van der Waals surface area contributed by atoms with Gasteiger partial charge in [-0.15, -0.1) is 0 Å². The summed E-state index contributed by atoms with van der Waals surface area (Å²) in [4.78, 5) is 39.7. The van der Waals surface area contributed by atoms with Gasteiger partial charge in [0, 0.05) is 18.7 Å². The average molecular weight is 450 g/mol. The molecule has 0 heterocycles. The lowest BCUT2D eigenvalue weighted by Crippen LogP contribution is -2.48. The molecule has 180 valence electrons. The van der Waals surface area contributed by atoms with E-state index in [0.29, 0.717) is 25.1 Å². The molecule has 0 saturated heterocycles. The van der Waals surface area contributed by atoms with Crippen LogP contribution in [-0.2, 0) is 14.3 Å². The van der Waals surface area contributed by atoms with Gasteiger partial charge in [0.25, 0.3) is 0 Å². The van der Waals surface area contributed by atoms with E-state index < -0.39 is 23.6 Å². The number of rotatable bonds is 12. The quantitative estimate of drug-likeness (QED) is 0.420. The number of hydrogen-bond donors (Lipinski definition) is 3. The number of unbranched alkanes of at least 4 members (excludes halogenated alkanes) is 3. The third-order valence-corrected chi connectivity index (χ3v) is 4.73. The SMILES string of the molecule is CCCCCNC(=O)C(c1ccccc1O)N(CCCC)C(=O)CNC(=O)OC(C)(C)C. The molecule has 0 aliphatic rings. The molecule has 0 fully saturated rings. The molecule has 1 atom stereocenters. The Morgan fingerprint density at radius 3 is 2.28 bits per heavy atom. The van der Waals surface area contributed by atoms with E-state index in [4.69, 9.17) is 4.74 Å². The van der Waals surface area contributed by atoms with Gasteiger partial charge < -0.3 is 25.4 Å². The van der Waals surface area contributed by atoms with E-state index in [0.717, 1.165) is 25.7 Å². The lowest BCUT2D eigenvalue weighted by atomic mass is 10.0. The highest BCUT2D eigenvalue weighted by molar-refractivity contribution is 5.90. The van der Waals surface area contributed by atoms with Gasteiger partial charge >= 0.3 is 6.09 Å². The molecule has 0 aliphatic heterocycles. The second kappa shape index (κ2) is 13.6. The van der Waals surface area contributed by atoms with E-state index in [2.05, 4.69) is 17.6 Å². The fraction of sp³-hybridized carbons (Fsp3) is 0.625. The van der Waals surface area contributed by atoms with E-state index in [9.17, 15) is 19.5 Å². The second-order valence-electron chi connectivity index (χ2n) is 8.76. The topological polar surface area (TPSA) is 108 Å². The van der Waals surface area contributed by atoms with Crippen LogP contribution >= 0.6 is 0 Å². The average Bonchev–Trinajstić information content (AvgIpc) is 2.72. The predicted octanol–water partition coefficient (Wildman–Crippen LogP) is 3.89. The van der Waals surface area contributed by atoms with E-state index in [-0.39, 0.29) is 18.2 Å². The molecule has 0 spiro atoms. The van der Waals surface area contributed by atoms with Gasteiger partial charge in [0.1, 0.15) is 23.9 Å². The summed E-state index contributed by atoms with van der Waals surface area (Å²) in [6, 6.07) is 5.51. The maximum Gasteiger partial charge on any atom is 0.408 e. The van der Waals surface area contributed by atoms with Crippen molar-refractivity contribution >= 4 is 17.9 Å². The van der Waals surface area contributed by atoms with Crippen molar-refractivity contribution in [3.8, 4) is 5.75 Å². The Morgan fingerprint density at radius 1 is 1.03 bits per heavy atom. The number of benzene rings is 1. The molecule has 3 N–H and O–H groups in total. The Hall–Kier alpha value is -2.77. The molecule has 0 saturated carbocycles. The molecule has 0 aromatic heterocycles. The Morgan fingerprint density at radius 2 is 1.69 bits per heavy atom. The van der Waals surface area contributed by atoms with Gasteiger partial charge in [-0.3, -0.25) is 9.59 Å². The summed E-state index contributed by atoms with van der Waals surface area (Å²) in [6.07, 6.45) is 3.62. The number of nitrogens with one attached hydrogen (secondary N) is 2. The van der Waals surface area contributed by atoms with Crippen LogP contribution < -0.4 is 10.6 Å². The molecule has 1 unspecified atom stereocenters. The summed E-state index contributed by atoms with van der Waals surface area (Å²) in [7, 11) is 0. The molecule has 32 heavy (non-hydrogen) atoms. The zero-order valence-electron chi connectivity index (χ0n) is 20.1. The van der Waals surface area contributed by atoms with Gasteiger partial charge in [0.2, 0.25) is 11.8 Å². The van der Waals surface area contributed by atoms with Gasteiger partial charge in [-0.05, 0) is 39.7 Å². The van der Waals surface area contributed by atoms with Crippen molar-refractivity contribution in [1.82, 2.24) is 15.5 Å². The molecule has 0 aliphatic carbocycles. The summed E-state index contributed by atoms with van der Waals surface area (Å²) >= 11 is 0. The van der Waals surface area contributed by atoms with Crippen LogP contribution in [0.15, 0.2) is 24.3 Å². The Bertz CT molecular complexity index is 745. The van der Waals surface area contributed by atoms with Crippen LogP contribution in [0.25, 0.3) is 0 Å². The Labute approximate surface area is 191 Å². The number of carbonyl (C=O) groups excluding carboxylic acids is 3. The van der Waals surface area contributed by atoms with Crippen molar-refractivity contribution in [3.63, 3.8) is 0 Å². The third-order valence-electron chi connectivity index (χ3n) is 4.73. The fourth-order valence-corrected chi connectivity index (χ4v) is 3.14. The summed E-state index contributed by atoms with van der Waals surface area (Å²) < 4.78 is 5.20. The number of carbonyl (C=O) groups is 3. The molecule has 1 aromatic rings. The standard InChI is InChI=1S/C24H39N3O5/c1-6-8-12-15-25-22(30)21(18-13-10-11-14-19(18)28)27(16-9-7-2)20(29)17-26-23(31)32-24(3,4)5/h10-11,13-14,21,28H,6-9,12,15-17H2,1-5H3,(H,25,30)(H,26,31). The summed E-state index contributed by atoms with van der Waals surface area (Å²) in [6.45, 7) is 9.76. The molecule has 8 nitrogen and oxygen atoms in total. The van der Waals surface area contributed by atoms with Gasteiger partial charge in [-0.1, -0.05) is 51.3 Å². The van der Waals surface area contributed by atoms with Crippen molar-refractivity contribution in [2.45, 2.75) is 78.4 Å². The Balaban J connectivity index is 3.10. The van der Waals surface area contributed by atoms with Crippen LogP contribution in [-0.4, -0.2) is 53.1 Å². The largest absolute Gasteiger partial charge is 0.508 e. The van der Waals surface area contributed by atoms with Crippen molar-refractivity contribution < 1.29 is 24.2 Å². The summed E-state index contributed by atoms with van der Waals surface area (Å²) in [5, 5.41) is 15.8. The molecular weight excluding hydrogens is 410 g/mol. The number of nitrogens with zero attached hydrogens (tertiary/aromatic N) is 1. The minimum Gasteiger partial charge on any atom is -0.508 e. The number of amides is 3. The fourth-order valence-electron chi connectivity index (χ4n) is 3.14. The van der Waals surface area contributed by atoms with Crippen molar-refractivity contribution in [2.24, 2.45) is 0 Å². The third kappa shape index (κ3) is 9.58. The number of ether oxygens (including phenoxy) is 1. The van der Waals surface area contributed by atoms with Gasteiger partial charge in [0.15, 0.2) is 0 Å². The first-order chi connectivity index (χ1) is 15.1. The van der Waals surface area contributed by atoms with Gasteiger partial charge in [-0.25, -0.2) is 4.79 Å². The van der Waals surface area contributed by atoms with Gasteiger partial charge in [-0.2, -0.15) is 0 Å². The van der Waals surface area contributed by atoms with Gasteiger partial charge in [0.05, 0.1) is 0 Å². The summed E-state index contributed by atoms with van der Waals surface area (Å²) in [5.41, 5.74) is -0.339. The first-order valence-corrected chi connectivity index (χ1v) is 11.4. The maximum absolute atomic E-state index is 13.2. The van der Waals surface area contributed by atoms with Crippen molar-refractivity contribution in [1.29, 1.82) is 0 Å². The minimum absolute atomic E-state index is 0.0596. The zero-order valence-corrected chi connectivity index (χ0v) is 20.1. The van der Waals surface area contributed by atoms with Crippen molar-refractivity contribution in [2.75, 3.05) is 19.6 Å². The monoisotopic (exact) mass is 449 g/mol. The number of aromatic hydroxyl groups is 1. The lowest BCUT2D eigenvalue weighted by molar-refractivity contribution is -0.140. The lowest BCUT2D eigenvalue weighted by Gasteiger charge is -2.32. The molecule has 3 amide bonds. The molecule has 1 rings (SSSR count). The molecule has 0 bridgehead atoms. The maximum atomic E-state index is 13.2. The highest BCUT2D eigenvalue weighted by atomic mass is 16.6. The highest BCUT2D eigenvalue weighted by Crippen LogP contribution is 2.29. The van der Waals surface area contributed by atoms with E-state index in [1.165, 1.54) is 11.0 Å². The number of phenolic OH excluding ortho intramolecular Hbond substituents is 1. The highest BCUT2D eigenvalue weighted by Gasteiger charge is 2.33. The Kier molecular flexibility index (Phi) is 11.6. The molecule has 0 radical (unpaired) electrons. The van der Waals surface area contributed by atoms with Crippen LogP contribution in [0.5, 0.6) is 5.75 Å². The van der Waals surface area contributed by atoms with E-state index >= 15 is 0 Å². The predicted molar refractivity (Wildman–Crippen MR) is 124 cm³/mol. The van der Waals surface area contributed by atoms with Crippen molar-refractivity contribution in [3.05, 3.63) is 29.8 Å². The normalized spacial score (nSPS) is 12.0. The van der Waals surface area contributed by atoms with Crippen LogP contribution in [0.3, 0.4) is 0 Å². The van der Waals surface area contributed by atoms with Crippen LogP contribution in [0.1, 0.15) is 78.3 Å². The zero-order chi connectivity index (χ0) is 24.1. The van der Waals surface area contributed by atoms with Crippen LogP contribution in [0, 0.1) is 0 Å². The number of alkyl carbamates (subject to hydrolysis) is 1. The number of para-hydroxylation sites is 1. The first kappa shape index (κ1) is 27.3. The second-order valence-corrected chi connectivity index (χ2v) is 8.76. The van der Waals surface area contributed by atoms with E-state index in [1.54, 1.807) is 39.0 Å². The first-order valence-electron chi connectivity index (χ1n) is 11.4. The minimum atomic E-state index is -1.00. The smallest absolute Gasteiger partial charge is 0.408 e. The molecule has 1 aromatic carbocycles. The van der Waals surface area contributed by atoms with Crippen LogP contribution in [0.4, 0.5) is 4.79 Å². The van der Waals surface area contributed by atoms with Crippen LogP contribution in [0.2, 0.25) is 0 Å². The molecule has 8 heteroatoms. The summed E-state index contributed by atoms with van der Waals surface area (Å²) in [5.74, 6) is -0.846. The number of phenols is 1. The number of hydrogen-bond acceptors (Lipinski definition) is 5. The van der Waals surface area contributed by atoms with E-state index in [1.807, 2.05) is 6.92 Å². The molecular formula is C24H39N3O5.